The quantitative estimate of drug-likeness (QED) is 0.796. The van der Waals surface area contributed by atoms with Gasteiger partial charge in [0.1, 0.15) is 0 Å². The molecule has 0 aromatic heterocycles. The molecule has 3 nitrogen and oxygen atoms in total. The number of nitrogens with one attached hydrogen (secondary N) is 1. The number of rotatable bonds is 6. The van der Waals surface area contributed by atoms with Gasteiger partial charge in [0.2, 0.25) is 0 Å². The van der Waals surface area contributed by atoms with E-state index in [9.17, 15) is 0 Å². The van der Waals surface area contributed by atoms with Crippen molar-refractivity contribution in [3.63, 3.8) is 0 Å². The average Bonchev–Trinajstić information content (AvgIpc) is 2.84. The topological polar surface area (TPSA) is 18.5 Å². The van der Waals surface area contributed by atoms with E-state index in [-0.39, 0.29) is 0 Å². The van der Waals surface area contributed by atoms with E-state index in [4.69, 9.17) is 0 Å². The Hall–Kier alpha value is -0.120. The van der Waals surface area contributed by atoms with Crippen molar-refractivity contribution in [3.8, 4) is 0 Å². The molecule has 1 aliphatic carbocycles. The lowest BCUT2D eigenvalue weighted by Crippen LogP contribution is -2.48. The lowest BCUT2D eigenvalue weighted by molar-refractivity contribution is 0.114. The van der Waals surface area contributed by atoms with Gasteiger partial charge < -0.3 is 15.1 Å². The fourth-order valence-electron chi connectivity index (χ4n) is 3.80. The van der Waals surface area contributed by atoms with Gasteiger partial charge in [-0.3, -0.25) is 0 Å². The van der Waals surface area contributed by atoms with Crippen LogP contribution in [0.5, 0.6) is 0 Å². The fourth-order valence-corrected chi connectivity index (χ4v) is 3.80. The summed E-state index contributed by atoms with van der Waals surface area (Å²) >= 11 is 0. The molecule has 1 N–H and O–H groups in total. The predicted molar refractivity (Wildman–Crippen MR) is 82.6 cm³/mol. The van der Waals surface area contributed by atoms with E-state index in [0.29, 0.717) is 0 Å². The molecule has 0 aromatic rings. The smallest absolute Gasteiger partial charge is 0.0217 e. The lowest BCUT2D eigenvalue weighted by Gasteiger charge is -2.38. The molecule has 1 saturated carbocycles. The molecule has 0 amide bonds. The second kappa shape index (κ2) is 7.61. The first-order valence-electron chi connectivity index (χ1n) is 8.33. The van der Waals surface area contributed by atoms with Gasteiger partial charge in [-0.25, -0.2) is 0 Å². The number of hydrogen-bond donors (Lipinski definition) is 1. The summed E-state index contributed by atoms with van der Waals surface area (Å²) in [5, 5.41) is 3.77. The average molecular weight is 267 g/mol. The Kier molecular flexibility index (Phi) is 6.11. The standard InChI is InChI=1S/C16H33N3/c1-4-10-17-16-9-5-7-14(16)12-19-11-6-8-15(13-19)18(2)3/h14-17H,4-13H2,1-3H3. The summed E-state index contributed by atoms with van der Waals surface area (Å²) in [4.78, 5) is 5.14. The van der Waals surface area contributed by atoms with Crippen molar-refractivity contribution in [2.75, 3.05) is 40.3 Å². The van der Waals surface area contributed by atoms with Gasteiger partial charge in [0, 0.05) is 25.2 Å². The van der Waals surface area contributed by atoms with Crippen LogP contribution in [0.25, 0.3) is 0 Å². The summed E-state index contributed by atoms with van der Waals surface area (Å²) in [5.41, 5.74) is 0. The van der Waals surface area contributed by atoms with E-state index < -0.39 is 0 Å². The van der Waals surface area contributed by atoms with Crippen molar-refractivity contribution in [2.45, 2.75) is 57.5 Å². The normalized spacial score (nSPS) is 33.2. The number of piperidine rings is 1. The molecule has 2 rings (SSSR count). The van der Waals surface area contributed by atoms with E-state index in [1.54, 1.807) is 0 Å². The SMILES string of the molecule is CCCNC1CCCC1CN1CCCC(N(C)C)C1. The van der Waals surface area contributed by atoms with Crippen LogP contribution >= 0.6 is 0 Å². The first kappa shape index (κ1) is 15.3. The molecule has 2 fully saturated rings. The molecule has 2 aliphatic rings. The molecule has 0 spiro atoms. The molecule has 3 unspecified atom stereocenters. The van der Waals surface area contributed by atoms with E-state index in [2.05, 4.69) is 36.1 Å². The van der Waals surface area contributed by atoms with E-state index in [0.717, 1.165) is 18.0 Å². The highest BCUT2D eigenvalue weighted by Crippen LogP contribution is 2.27. The highest BCUT2D eigenvalue weighted by molar-refractivity contribution is 4.87. The Balaban J connectivity index is 1.79. The van der Waals surface area contributed by atoms with E-state index in [1.807, 2.05) is 0 Å². The Labute approximate surface area is 119 Å². The molecule has 0 radical (unpaired) electrons. The summed E-state index contributed by atoms with van der Waals surface area (Å²) in [5.74, 6) is 0.896. The van der Waals surface area contributed by atoms with Crippen LogP contribution in [0.2, 0.25) is 0 Å². The Morgan fingerprint density at radius 1 is 1.16 bits per heavy atom. The zero-order valence-electron chi connectivity index (χ0n) is 13.2. The summed E-state index contributed by atoms with van der Waals surface area (Å²) in [6.45, 7) is 7.39. The number of hydrogen-bond acceptors (Lipinski definition) is 3. The molecule has 19 heavy (non-hydrogen) atoms. The molecule has 112 valence electrons. The van der Waals surface area contributed by atoms with Crippen LogP contribution in [0, 0.1) is 5.92 Å². The largest absolute Gasteiger partial charge is 0.314 e. The third kappa shape index (κ3) is 4.44. The zero-order valence-corrected chi connectivity index (χ0v) is 13.2. The molecule has 1 heterocycles. The summed E-state index contributed by atoms with van der Waals surface area (Å²) in [6, 6.07) is 1.57. The fraction of sp³-hybridized carbons (Fsp3) is 1.00. The maximum Gasteiger partial charge on any atom is 0.0217 e. The third-order valence-corrected chi connectivity index (χ3v) is 5.02. The molecule has 3 heteroatoms. The number of likely N-dealkylation sites (N-methyl/N-ethyl adjacent to an activating group) is 1. The second-order valence-corrected chi connectivity index (χ2v) is 6.77. The van der Waals surface area contributed by atoms with Crippen molar-refractivity contribution < 1.29 is 0 Å². The van der Waals surface area contributed by atoms with Gasteiger partial charge in [-0.05, 0) is 65.2 Å². The van der Waals surface area contributed by atoms with E-state index >= 15 is 0 Å². The molecule has 0 aromatic carbocycles. The van der Waals surface area contributed by atoms with Gasteiger partial charge in [0.05, 0.1) is 0 Å². The van der Waals surface area contributed by atoms with Gasteiger partial charge in [-0.15, -0.1) is 0 Å². The Bertz CT molecular complexity index is 254. The minimum absolute atomic E-state index is 0.775. The highest BCUT2D eigenvalue weighted by Gasteiger charge is 2.30. The van der Waals surface area contributed by atoms with Gasteiger partial charge in [0.15, 0.2) is 0 Å². The Morgan fingerprint density at radius 3 is 2.74 bits per heavy atom. The first-order chi connectivity index (χ1) is 9.20. The third-order valence-electron chi connectivity index (χ3n) is 5.02. The van der Waals surface area contributed by atoms with Crippen LogP contribution in [-0.2, 0) is 0 Å². The Morgan fingerprint density at radius 2 is 2.00 bits per heavy atom. The monoisotopic (exact) mass is 267 g/mol. The van der Waals surface area contributed by atoms with Crippen molar-refractivity contribution in [1.82, 2.24) is 15.1 Å². The molecular formula is C16H33N3. The van der Waals surface area contributed by atoms with Gasteiger partial charge >= 0.3 is 0 Å². The van der Waals surface area contributed by atoms with Crippen LogP contribution in [0.3, 0.4) is 0 Å². The van der Waals surface area contributed by atoms with Crippen molar-refractivity contribution in [1.29, 1.82) is 0 Å². The van der Waals surface area contributed by atoms with E-state index in [1.165, 1.54) is 64.7 Å². The zero-order chi connectivity index (χ0) is 13.7. The lowest BCUT2D eigenvalue weighted by atomic mass is 9.99. The van der Waals surface area contributed by atoms with Crippen LogP contribution in [-0.4, -0.2) is 62.2 Å². The minimum atomic E-state index is 0.775. The molecule has 1 saturated heterocycles. The second-order valence-electron chi connectivity index (χ2n) is 6.77. The summed E-state index contributed by atoms with van der Waals surface area (Å²) in [7, 11) is 4.46. The maximum atomic E-state index is 3.77. The first-order valence-corrected chi connectivity index (χ1v) is 8.33. The van der Waals surface area contributed by atoms with Crippen LogP contribution < -0.4 is 5.32 Å². The van der Waals surface area contributed by atoms with Crippen LogP contribution in [0.1, 0.15) is 45.4 Å². The van der Waals surface area contributed by atoms with Gasteiger partial charge in [0.25, 0.3) is 0 Å². The van der Waals surface area contributed by atoms with Crippen molar-refractivity contribution >= 4 is 0 Å². The molecule has 3 atom stereocenters. The summed E-state index contributed by atoms with van der Waals surface area (Å²) < 4.78 is 0. The number of nitrogens with zero attached hydrogens (tertiary/aromatic N) is 2. The van der Waals surface area contributed by atoms with Gasteiger partial charge in [-0.2, -0.15) is 0 Å². The van der Waals surface area contributed by atoms with Gasteiger partial charge in [-0.1, -0.05) is 13.3 Å². The maximum absolute atomic E-state index is 3.77. The molecule has 1 aliphatic heterocycles. The number of likely N-dealkylation sites (tertiary alicyclic amines) is 1. The van der Waals surface area contributed by atoms with Crippen molar-refractivity contribution in [3.05, 3.63) is 0 Å². The summed E-state index contributed by atoms with van der Waals surface area (Å²) in [6.07, 6.45) is 8.28. The van der Waals surface area contributed by atoms with Crippen molar-refractivity contribution in [2.24, 2.45) is 5.92 Å². The van der Waals surface area contributed by atoms with Crippen LogP contribution in [0.15, 0.2) is 0 Å². The molecule has 0 bridgehead atoms. The highest BCUT2D eigenvalue weighted by atomic mass is 15.2. The predicted octanol–water partition coefficient (Wildman–Crippen LogP) is 2.18. The minimum Gasteiger partial charge on any atom is -0.314 e. The van der Waals surface area contributed by atoms with Crippen LogP contribution in [0.4, 0.5) is 0 Å². The molecular weight excluding hydrogens is 234 g/mol.